The predicted molar refractivity (Wildman–Crippen MR) is 146 cm³/mol. The van der Waals surface area contributed by atoms with Gasteiger partial charge in [-0.05, 0) is 33.5 Å². The topological polar surface area (TPSA) is 43.9 Å². The number of hydrogen-bond donors (Lipinski definition) is 0. The van der Waals surface area contributed by atoms with Crippen molar-refractivity contribution in [2.75, 3.05) is 19.6 Å². The summed E-state index contributed by atoms with van der Waals surface area (Å²) in [4.78, 5) is 33.8. The molecule has 0 spiro atoms. The third kappa shape index (κ3) is 4.87. The molecule has 2 heterocycles. The minimum Gasteiger partial charge on any atom is -0.326 e. The molecule has 0 aliphatic carbocycles. The predicted octanol–water partition coefficient (Wildman–Crippen LogP) is 4.51. The van der Waals surface area contributed by atoms with Crippen LogP contribution in [0.2, 0.25) is 0 Å². The largest absolute Gasteiger partial charge is 0.326 e. The first-order valence-electron chi connectivity index (χ1n) is 13.0. The van der Waals surface area contributed by atoms with Crippen molar-refractivity contribution in [1.29, 1.82) is 0 Å². The van der Waals surface area contributed by atoms with Crippen LogP contribution >= 0.6 is 0 Å². The standard InChI is InChI=1S/C32H31N3O2/c36-31-29(20-24-9-3-1-4-10-24)35(22-25-11-5-2-6-12-25)32(37)30-23-33(17-18-34(30)31)21-26-15-16-27-13-7-8-14-28(27)19-26/h1-16,19,29-30H,17-18,20-23H2. The Hall–Kier alpha value is -3.96. The van der Waals surface area contributed by atoms with Crippen LogP contribution in [0.15, 0.2) is 103 Å². The van der Waals surface area contributed by atoms with Crippen molar-refractivity contribution in [3.63, 3.8) is 0 Å². The third-order valence-corrected chi connectivity index (χ3v) is 7.66. The van der Waals surface area contributed by atoms with E-state index in [2.05, 4.69) is 47.4 Å². The normalized spacial score (nSPS) is 20.3. The second kappa shape index (κ2) is 10.2. The zero-order valence-electron chi connectivity index (χ0n) is 20.9. The molecule has 186 valence electrons. The summed E-state index contributed by atoms with van der Waals surface area (Å²) in [5.41, 5.74) is 3.34. The number of benzene rings is 4. The summed E-state index contributed by atoms with van der Waals surface area (Å²) in [7, 11) is 0. The molecule has 0 bridgehead atoms. The van der Waals surface area contributed by atoms with Crippen LogP contribution in [0.1, 0.15) is 16.7 Å². The molecule has 2 saturated heterocycles. The number of fused-ring (bicyclic) bond motifs is 2. The molecule has 2 unspecified atom stereocenters. The van der Waals surface area contributed by atoms with Gasteiger partial charge < -0.3 is 9.80 Å². The van der Waals surface area contributed by atoms with Crippen molar-refractivity contribution in [3.05, 3.63) is 120 Å². The maximum Gasteiger partial charge on any atom is 0.247 e. The number of amides is 2. The van der Waals surface area contributed by atoms with Gasteiger partial charge in [0.25, 0.3) is 0 Å². The molecule has 2 fully saturated rings. The Morgan fingerprint density at radius 2 is 1.30 bits per heavy atom. The van der Waals surface area contributed by atoms with E-state index in [4.69, 9.17) is 0 Å². The van der Waals surface area contributed by atoms with Gasteiger partial charge in [-0.25, -0.2) is 0 Å². The quantitative estimate of drug-likeness (QED) is 0.400. The summed E-state index contributed by atoms with van der Waals surface area (Å²) in [6.07, 6.45) is 0.530. The number of carbonyl (C=O) groups is 2. The smallest absolute Gasteiger partial charge is 0.247 e. The molecule has 0 saturated carbocycles. The average molecular weight is 490 g/mol. The van der Waals surface area contributed by atoms with Crippen LogP contribution in [0.3, 0.4) is 0 Å². The van der Waals surface area contributed by atoms with E-state index in [-0.39, 0.29) is 11.8 Å². The maximum absolute atomic E-state index is 14.0. The van der Waals surface area contributed by atoms with Gasteiger partial charge in [0.2, 0.25) is 11.8 Å². The van der Waals surface area contributed by atoms with Crippen molar-refractivity contribution in [2.24, 2.45) is 0 Å². The van der Waals surface area contributed by atoms with E-state index in [0.717, 1.165) is 24.2 Å². The van der Waals surface area contributed by atoms with Gasteiger partial charge in [0, 0.05) is 39.1 Å². The molecule has 0 aromatic heterocycles. The highest BCUT2D eigenvalue weighted by molar-refractivity contribution is 5.97. The lowest BCUT2D eigenvalue weighted by Crippen LogP contribution is -2.70. The minimum atomic E-state index is -0.488. The van der Waals surface area contributed by atoms with Crippen LogP contribution < -0.4 is 0 Å². The van der Waals surface area contributed by atoms with Crippen LogP contribution in [-0.4, -0.2) is 58.2 Å². The molecule has 0 radical (unpaired) electrons. The Balaban J connectivity index is 1.24. The lowest BCUT2D eigenvalue weighted by atomic mass is 9.95. The summed E-state index contributed by atoms with van der Waals surface area (Å²) in [6.45, 7) is 3.10. The molecule has 5 nitrogen and oxygen atoms in total. The number of hydrogen-bond acceptors (Lipinski definition) is 3. The van der Waals surface area contributed by atoms with Gasteiger partial charge in [-0.1, -0.05) is 97.1 Å². The molecule has 5 heteroatoms. The van der Waals surface area contributed by atoms with Gasteiger partial charge in [0.1, 0.15) is 12.1 Å². The van der Waals surface area contributed by atoms with Crippen molar-refractivity contribution < 1.29 is 9.59 Å². The highest BCUT2D eigenvalue weighted by Crippen LogP contribution is 2.27. The zero-order valence-corrected chi connectivity index (χ0v) is 20.9. The van der Waals surface area contributed by atoms with Gasteiger partial charge in [-0.15, -0.1) is 0 Å². The average Bonchev–Trinajstić information content (AvgIpc) is 2.94. The number of piperazine rings is 2. The van der Waals surface area contributed by atoms with E-state index in [1.54, 1.807) is 0 Å². The maximum atomic E-state index is 14.0. The molecule has 4 aromatic rings. The Bertz CT molecular complexity index is 1410. The molecular weight excluding hydrogens is 458 g/mol. The number of nitrogens with zero attached hydrogens (tertiary/aromatic N) is 3. The van der Waals surface area contributed by atoms with Crippen molar-refractivity contribution in [2.45, 2.75) is 31.6 Å². The van der Waals surface area contributed by atoms with E-state index >= 15 is 0 Å². The molecular formula is C32H31N3O2. The highest BCUT2D eigenvalue weighted by Gasteiger charge is 2.47. The molecule has 2 aliphatic rings. The number of rotatable bonds is 6. The van der Waals surface area contributed by atoms with E-state index in [9.17, 15) is 9.59 Å². The first-order chi connectivity index (χ1) is 18.2. The first-order valence-corrected chi connectivity index (χ1v) is 13.0. The third-order valence-electron chi connectivity index (χ3n) is 7.66. The molecule has 37 heavy (non-hydrogen) atoms. The van der Waals surface area contributed by atoms with Gasteiger partial charge >= 0.3 is 0 Å². The van der Waals surface area contributed by atoms with Gasteiger partial charge in [0.05, 0.1) is 0 Å². The Morgan fingerprint density at radius 3 is 2.05 bits per heavy atom. The van der Waals surface area contributed by atoms with Crippen molar-refractivity contribution in [3.8, 4) is 0 Å². The van der Waals surface area contributed by atoms with Gasteiger partial charge in [-0.2, -0.15) is 0 Å². The van der Waals surface area contributed by atoms with E-state index in [1.807, 2.05) is 70.5 Å². The lowest BCUT2D eigenvalue weighted by Gasteiger charge is -2.49. The highest BCUT2D eigenvalue weighted by atomic mass is 16.2. The summed E-state index contributed by atoms with van der Waals surface area (Å²) < 4.78 is 0. The fraction of sp³-hybridized carbons (Fsp3) is 0.250. The summed E-state index contributed by atoms with van der Waals surface area (Å²) in [5, 5.41) is 2.45. The summed E-state index contributed by atoms with van der Waals surface area (Å²) >= 11 is 0. The van der Waals surface area contributed by atoms with E-state index < -0.39 is 12.1 Å². The zero-order chi connectivity index (χ0) is 25.2. The lowest BCUT2D eigenvalue weighted by molar-refractivity contribution is -0.166. The Labute approximate surface area is 217 Å². The minimum absolute atomic E-state index is 0.0487. The Kier molecular flexibility index (Phi) is 6.46. The molecule has 6 rings (SSSR count). The van der Waals surface area contributed by atoms with Crippen LogP contribution in [0.5, 0.6) is 0 Å². The van der Waals surface area contributed by atoms with Crippen molar-refractivity contribution in [1.82, 2.24) is 14.7 Å². The summed E-state index contributed by atoms with van der Waals surface area (Å²) in [5.74, 6) is 0.113. The van der Waals surface area contributed by atoms with E-state index in [0.29, 0.717) is 26.1 Å². The SMILES string of the molecule is O=C1C(Cc2ccccc2)N(Cc2ccccc2)C(=O)C2CN(Cc3ccc4ccccc4c3)CCN12. The second-order valence-corrected chi connectivity index (χ2v) is 10.1. The molecule has 2 aliphatic heterocycles. The number of carbonyl (C=O) groups excluding carboxylic acids is 2. The van der Waals surface area contributed by atoms with Crippen LogP contribution in [-0.2, 0) is 29.1 Å². The van der Waals surface area contributed by atoms with E-state index in [1.165, 1.54) is 16.3 Å². The van der Waals surface area contributed by atoms with Crippen LogP contribution in [0.25, 0.3) is 10.8 Å². The Morgan fingerprint density at radius 1 is 0.622 bits per heavy atom. The molecule has 0 N–H and O–H groups in total. The molecule has 4 aromatic carbocycles. The van der Waals surface area contributed by atoms with Crippen LogP contribution in [0, 0.1) is 0 Å². The molecule has 2 amide bonds. The van der Waals surface area contributed by atoms with Crippen LogP contribution in [0.4, 0.5) is 0 Å². The molecule has 2 atom stereocenters. The van der Waals surface area contributed by atoms with Gasteiger partial charge in [-0.3, -0.25) is 14.5 Å². The summed E-state index contributed by atoms with van der Waals surface area (Å²) in [6, 6.07) is 34.0. The van der Waals surface area contributed by atoms with Gasteiger partial charge in [0.15, 0.2) is 0 Å². The second-order valence-electron chi connectivity index (χ2n) is 10.1. The fourth-order valence-electron chi connectivity index (χ4n) is 5.73. The first kappa shape index (κ1) is 23.4. The fourth-order valence-corrected chi connectivity index (χ4v) is 5.73. The van der Waals surface area contributed by atoms with Crippen molar-refractivity contribution >= 4 is 22.6 Å². The monoisotopic (exact) mass is 489 g/mol.